The molecule has 3 aliphatic heterocycles. The van der Waals surface area contributed by atoms with Crippen molar-refractivity contribution < 1.29 is 0 Å². The fraction of sp³-hybridized carbons (Fsp3) is 0.269. The minimum atomic E-state index is 1.00. The third kappa shape index (κ3) is 4.04. The summed E-state index contributed by atoms with van der Waals surface area (Å²) < 4.78 is 1.23. The maximum absolute atomic E-state index is 5.20. The zero-order chi connectivity index (χ0) is 21.5. The van der Waals surface area contributed by atoms with Gasteiger partial charge in [0.15, 0.2) is 0 Å². The van der Waals surface area contributed by atoms with Crippen LogP contribution in [0.15, 0.2) is 75.4 Å². The number of piperazine rings is 1. The van der Waals surface area contributed by atoms with Crippen molar-refractivity contribution >= 4 is 51.6 Å². The highest BCUT2D eigenvalue weighted by atomic mass is 127. The second-order valence-corrected chi connectivity index (χ2v) is 10.9. The Morgan fingerprint density at radius 1 is 0.938 bits per heavy atom. The first-order valence-corrected chi connectivity index (χ1v) is 13.1. The van der Waals surface area contributed by atoms with E-state index in [1.807, 2.05) is 11.8 Å². The number of hydrogen-bond donors (Lipinski definition) is 1. The molecule has 0 aliphatic carbocycles. The van der Waals surface area contributed by atoms with Crippen molar-refractivity contribution in [2.45, 2.75) is 22.8 Å². The summed E-state index contributed by atoms with van der Waals surface area (Å²) in [6.45, 7) is 6.20. The zero-order valence-corrected chi connectivity index (χ0v) is 20.8. The van der Waals surface area contributed by atoms with Crippen LogP contribution in [0.5, 0.6) is 0 Å². The van der Waals surface area contributed by atoms with E-state index < -0.39 is 0 Å². The first-order chi connectivity index (χ1) is 15.7. The summed E-state index contributed by atoms with van der Waals surface area (Å²) in [5.74, 6) is 1.12. The Labute approximate surface area is 207 Å². The SMILES string of the molecule is Ic1ccc2c(c1)N=C(N1CCN(Cc3ccc4c(c3)NCC4)CC1)c1ccccc1S2. The second kappa shape index (κ2) is 8.72. The van der Waals surface area contributed by atoms with Gasteiger partial charge < -0.3 is 10.2 Å². The average molecular weight is 552 g/mol. The van der Waals surface area contributed by atoms with Gasteiger partial charge in [0, 0.05) is 63.9 Å². The molecule has 0 atom stereocenters. The van der Waals surface area contributed by atoms with Crippen LogP contribution < -0.4 is 5.32 Å². The first-order valence-electron chi connectivity index (χ1n) is 11.2. The van der Waals surface area contributed by atoms with E-state index in [0.29, 0.717) is 0 Å². The van der Waals surface area contributed by atoms with Crippen molar-refractivity contribution in [3.05, 3.63) is 80.9 Å². The fourth-order valence-corrected chi connectivity index (χ4v) is 6.22. The van der Waals surface area contributed by atoms with Crippen molar-refractivity contribution in [2.24, 2.45) is 4.99 Å². The van der Waals surface area contributed by atoms with Gasteiger partial charge in [0.25, 0.3) is 0 Å². The van der Waals surface area contributed by atoms with Gasteiger partial charge >= 0.3 is 0 Å². The lowest BCUT2D eigenvalue weighted by Crippen LogP contribution is -2.48. The van der Waals surface area contributed by atoms with Crippen molar-refractivity contribution in [3.63, 3.8) is 0 Å². The third-order valence-electron chi connectivity index (χ3n) is 6.46. The van der Waals surface area contributed by atoms with Gasteiger partial charge in [0.2, 0.25) is 0 Å². The van der Waals surface area contributed by atoms with Crippen LogP contribution in [0.2, 0.25) is 0 Å². The van der Waals surface area contributed by atoms with Crippen molar-refractivity contribution in [1.82, 2.24) is 9.80 Å². The Kier molecular flexibility index (Phi) is 5.61. The number of nitrogens with one attached hydrogen (secondary N) is 1. The van der Waals surface area contributed by atoms with Crippen LogP contribution in [0.1, 0.15) is 16.7 Å². The number of rotatable bonds is 2. The molecular weight excluding hydrogens is 527 g/mol. The van der Waals surface area contributed by atoms with Gasteiger partial charge in [-0.2, -0.15) is 0 Å². The summed E-state index contributed by atoms with van der Waals surface area (Å²) in [6.07, 6.45) is 1.15. The topological polar surface area (TPSA) is 30.9 Å². The summed E-state index contributed by atoms with van der Waals surface area (Å²) >= 11 is 4.21. The van der Waals surface area contributed by atoms with Crippen LogP contribution in [0.4, 0.5) is 11.4 Å². The fourth-order valence-electron chi connectivity index (χ4n) is 4.75. The van der Waals surface area contributed by atoms with E-state index in [4.69, 9.17) is 4.99 Å². The third-order valence-corrected chi connectivity index (χ3v) is 8.27. The highest BCUT2D eigenvalue weighted by molar-refractivity contribution is 14.1. The molecule has 3 aromatic rings. The van der Waals surface area contributed by atoms with Gasteiger partial charge in [-0.1, -0.05) is 42.1 Å². The first kappa shape index (κ1) is 20.6. The highest BCUT2D eigenvalue weighted by Gasteiger charge is 2.25. The Morgan fingerprint density at radius 3 is 2.72 bits per heavy atom. The minimum absolute atomic E-state index is 1.00. The number of aliphatic imine (C=N–C) groups is 1. The summed E-state index contributed by atoms with van der Waals surface area (Å²) in [5, 5.41) is 3.51. The summed E-state index contributed by atoms with van der Waals surface area (Å²) in [5.41, 5.74) is 6.53. The molecule has 1 N–H and O–H groups in total. The lowest BCUT2D eigenvalue weighted by molar-refractivity contribution is 0.175. The van der Waals surface area contributed by atoms with E-state index >= 15 is 0 Å². The summed E-state index contributed by atoms with van der Waals surface area (Å²) in [6, 6.07) is 22.2. The number of halogens is 1. The molecule has 32 heavy (non-hydrogen) atoms. The van der Waals surface area contributed by atoms with Crippen molar-refractivity contribution in [3.8, 4) is 0 Å². The number of benzene rings is 3. The standard InChI is InChI=1S/C26H25IN4S/c27-20-7-8-25-23(16-20)29-26(21-3-1-2-4-24(21)32-25)31-13-11-30(12-14-31)17-18-5-6-19-9-10-28-22(19)15-18/h1-8,15-16,28H,9-14,17H2. The van der Waals surface area contributed by atoms with Gasteiger partial charge in [-0.15, -0.1) is 0 Å². The second-order valence-electron chi connectivity index (χ2n) is 8.58. The number of anilines is 1. The largest absolute Gasteiger partial charge is 0.384 e. The molecule has 4 nitrogen and oxygen atoms in total. The predicted octanol–water partition coefficient (Wildman–Crippen LogP) is 5.62. The monoisotopic (exact) mass is 552 g/mol. The van der Waals surface area contributed by atoms with Gasteiger partial charge in [-0.25, -0.2) is 4.99 Å². The molecule has 1 fully saturated rings. The molecule has 3 aliphatic rings. The minimum Gasteiger partial charge on any atom is -0.384 e. The molecular formula is C26H25IN4S. The van der Waals surface area contributed by atoms with E-state index in [9.17, 15) is 0 Å². The van der Waals surface area contributed by atoms with Crippen molar-refractivity contribution in [2.75, 3.05) is 38.0 Å². The van der Waals surface area contributed by atoms with Crippen LogP contribution >= 0.6 is 34.4 Å². The molecule has 0 unspecified atom stereocenters. The van der Waals surface area contributed by atoms with Crippen LogP contribution in [-0.4, -0.2) is 48.4 Å². The molecule has 0 bridgehead atoms. The molecule has 162 valence electrons. The number of amidine groups is 1. The van der Waals surface area contributed by atoms with E-state index in [-0.39, 0.29) is 0 Å². The van der Waals surface area contributed by atoms with Crippen LogP contribution in [0, 0.1) is 3.57 Å². The Morgan fingerprint density at radius 2 is 1.81 bits per heavy atom. The number of hydrogen-bond acceptors (Lipinski definition) is 5. The number of fused-ring (bicyclic) bond motifs is 3. The quantitative estimate of drug-likeness (QED) is 0.419. The smallest absolute Gasteiger partial charge is 0.137 e. The van der Waals surface area contributed by atoms with Crippen LogP contribution in [0.25, 0.3) is 0 Å². The van der Waals surface area contributed by atoms with E-state index in [2.05, 4.69) is 98.4 Å². The molecule has 0 aromatic heterocycles. The van der Waals surface area contributed by atoms with Crippen molar-refractivity contribution in [1.29, 1.82) is 0 Å². The molecule has 0 saturated carbocycles. The van der Waals surface area contributed by atoms with E-state index in [1.54, 1.807) is 0 Å². The Balaban J connectivity index is 1.22. The molecule has 0 radical (unpaired) electrons. The molecule has 3 aromatic carbocycles. The zero-order valence-electron chi connectivity index (χ0n) is 17.9. The average Bonchev–Trinajstić information content (AvgIpc) is 3.21. The molecule has 6 rings (SSSR count). The maximum atomic E-state index is 5.20. The lowest BCUT2D eigenvalue weighted by Gasteiger charge is -2.36. The maximum Gasteiger partial charge on any atom is 0.137 e. The lowest BCUT2D eigenvalue weighted by atomic mass is 10.1. The normalized spacial score (nSPS) is 17.7. The molecule has 0 amide bonds. The van der Waals surface area contributed by atoms with Crippen LogP contribution in [0.3, 0.4) is 0 Å². The van der Waals surface area contributed by atoms with Gasteiger partial charge in [0.1, 0.15) is 5.84 Å². The summed E-state index contributed by atoms with van der Waals surface area (Å²) in [4.78, 5) is 12.8. The highest BCUT2D eigenvalue weighted by Crippen LogP contribution is 2.41. The Hall–Kier alpha value is -2.03. The number of nitrogens with zero attached hydrogens (tertiary/aromatic N) is 3. The van der Waals surface area contributed by atoms with Crippen LogP contribution in [-0.2, 0) is 13.0 Å². The molecule has 1 saturated heterocycles. The van der Waals surface area contributed by atoms with E-state index in [1.165, 1.54) is 35.7 Å². The Bertz CT molecular complexity index is 1200. The van der Waals surface area contributed by atoms with Gasteiger partial charge in [0.05, 0.1) is 5.69 Å². The van der Waals surface area contributed by atoms with E-state index in [0.717, 1.165) is 57.2 Å². The molecule has 3 heterocycles. The predicted molar refractivity (Wildman–Crippen MR) is 141 cm³/mol. The summed E-state index contributed by atoms with van der Waals surface area (Å²) in [7, 11) is 0. The van der Waals surface area contributed by atoms with Gasteiger partial charge in [-0.05, 0) is 70.5 Å². The van der Waals surface area contributed by atoms with Gasteiger partial charge in [-0.3, -0.25) is 4.90 Å². The molecule has 0 spiro atoms. The molecule has 6 heteroatoms.